The highest BCUT2D eigenvalue weighted by Gasteiger charge is 2.47. The van der Waals surface area contributed by atoms with Crippen molar-refractivity contribution < 1.29 is 14.6 Å². The van der Waals surface area contributed by atoms with Crippen LogP contribution >= 0.6 is 0 Å². The molecule has 0 aromatic heterocycles. The third kappa shape index (κ3) is 1.60. The van der Waals surface area contributed by atoms with E-state index in [1.54, 1.807) is 31.4 Å². The molecule has 0 radical (unpaired) electrons. The third-order valence-corrected chi connectivity index (χ3v) is 2.67. The number of carbonyl (C=O) groups excluding carboxylic acids is 1. The number of isocyanates is 1. The van der Waals surface area contributed by atoms with E-state index in [1.807, 2.05) is 0 Å². The molecule has 0 saturated heterocycles. The van der Waals surface area contributed by atoms with Crippen molar-refractivity contribution in [1.29, 1.82) is 0 Å². The molecule has 1 saturated carbocycles. The zero-order valence-electron chi connectivity index (χ0n) is 8.36. The van der Waals surface area contributed by atoms with Crippen LogP contribution in [0.15, 0.2) is 23.2 Å². The summed E-state index contributed by atoms with van der Waals surface area (Å²) in [6.07, 6.45) is 3.16. The van der Waals surface area contributed by atoms with Crippen LogP contribution in [-0.2, 0) is 10.3 Å². The number of phenolic OH excluding ortho intramolecular Hbond substituents is 1. The summed E-state index contributed by atoms with van der Waals surface area (Å²) >= 11 is 0. The predicted octanol–water partition coefficient (Wildman–Crippen LogP) is 1.73. The number of nitrogens with zero attached hydrogens (tertiary/aromatic N) is 1. The maximum atomic E-state index is 10.3. The molecule has 0 bridgehead atoms. The standard InChI is InChI=1S/C11H11NO3/c1-15-10-3-2-8(14)6-9(10)11(4-5-11)12-7-13/h2-3,6,14H,4-5H2,1H3. The Hall–Kier alpha value is -1.80. The van der Waals surface area contributed by atoms with Crippen LogP contribution in [0.5, 0.6) is 11.5 Å². The van der Waals surface area contributed by atoms with Crippen LogP contribution in [0.2, 0.25) is 0 Å². The minimum atomic E-state index is -0.508. The van der Waals surface area contributed by atoms with Crippen LogP contribution in [0.3, 0.4) is 0 Å². The second-order valence-corrected chi connectivity index (χ2v) is 3.62. The normalized spacial score (nSPS) is 16.6. The molecule has 1 aromatic rings. The van der Waals surface area contributed by atoms with E-state index in [0.29, 0.717) is 5.75 Å². The highest BCUT2D eigenvalue weighted by atomic mass is 16.5. The Kier molecular flexibility index (Phi) is 2.21. The summed E-state index contributed by atoms with van der Waals surface area (Å²) in [5, 5.41) is 9.40. The van der Waals surface area contributed by atoms with Crippen LogP contribution in [-0.4, -0.2) is 18.3 Å². The van der Waals surface area contributed by atoms with Gasteiger partial charge in [-0.2, -0.15) is 4.99 Å². The van der Waals surface area contributed by atoms with Crippen LogP contribution in [0.1, 0.15) is 18.4 Å². The van der Waals surface area contributed by atoms with E-state index in [0.717, 1.165) is 18.4 Å². The van der Waals surface area contributed by atoms with Crippen molar-refractivity contribution in [2.45, 2.75) is 18.4 Å². The van der Waals surface area contributed by atoms with Gasteiger partial charge in [0, 0.05) is 5.56 Å². The Bertz CT molecular complexity index is 431. The molecule has 4 heteroatoms. The predicted molar refractivity (Wildman–Crippen MR) is 53.7 cm³/mol. The largest absolute Gasteiger partial charge is 0.508 e. The van der Waals surface area contributed by atoms with Gasteiger partial charge in [0.1, 0.15) is 17.0 Å². The molecule has 0 heterocycles. The number of methoxy groups -OCH3 is 1. The number of aromatic hydroxyl groups is 1. The molecule has 4 nitrogen and oxygen atoms in total. The smallest absolute Gasteiger partial charge is 0.235 e. The lowest BCUT2D eigenvalue weighted by atomic mass is 10.0. The SMILES string of the molecule is COc1ccc(O)cc1C1(N=C=O)CC1. The van der Waals surface area contributed by atoms with Gasteiger partial charge in [0.25, 0.3) is 0 Å². The lowest BCUT2D eigenvalue weighted by Crippen LogP contribution is -2.04. The number of aliphatic imine (C=N–C) groups is 1. The van der Waals surface area contributed by atoms with Crippen LogP contribution in [0.25, 0.3) is 0 Å². The highest BCUT2D eigenvalue weighted by molar-refractivity contribution is 5.49. The van der Waals surface area contributed by atoms with Gasteiger partial charge in [0.2, 0.25) is 6.08 Å². The fourth-order valence-corrected chi connectivity index (χ4v) is 1.71. The first-order chi connectivity index (χ1) is 7.22. The average Bonchev–Trinajstić information content (AvgIpc) is 2.99. The molecule has 1 aliphatic rings. The minimum absolute atomic E-state index is 0.151. The molecule has 15 heavy (non-hydrogen) atoms. The van der Waals surface area contributed by atoms with E-state index in [-0.39, 0.29) is 5.75 Å². The Labute approximate surface area is 87.2 Å². The molecule has 2 rings (SSSR count). The summed E-state index contributed by atoms with van der Waals surface area (Å²) in [5.74, 6) is 0.794. The van der Waals surface area contributed by atoms with Gasteiger partial charge in [-0.05, 0) is 31.0 Å². The number of hydrogen-bond acceptors (Lipinski definition) is 4. The van der Waals surface area contributed by atoms with Gasteiger partial charge in [-0.3, -0.25) is 0 Å². The summed E-state index contributed by atoms with van der Waals surface area (Å²) in [5.41, 5.74) is 0.250. The second kappa shape index (κ2) is 3.41. The van der Waals surface area contributed by atoms with E-state index >= 15 is 0 Å². The summed E-state index contributed by atoms with van der Waals surface area (Å²) in [6.45, 7) is 0. The quantitative estimate of drug-likeness (QED) is 0.603. The van der Waals surface area contributed by atoms with Crippen molar-refractivity contribution in [2.24, 2.45) is 4.99 Å². The van der Waals surface area contributed by atoms with Gasteiger partial charge in [0.05, 0.1) is 7.11 Å². The molecular weight excluding hydrogens is 194 g/mol. The lowest BCUT2D eigenvalue weighted by Gasteiger charge is -2.13. The maximum absolute atomic E-state index is 10.3. The second-order valence-electron chi connectivity index (χ2n) is 3.62. The summed E-state index contributed by atoms with van der Waals surface area (Å²) in [6, 6.07) is 4.81. The first-order valence-electron chi connectivity index (χ1n) is 4.68. The van der Waals surface area contributed by atoms with Crippen LogP contribution in [0, 0.1) is 0 Å². The topological polar surface area (TPSA) is 58.9 Å². The molecule has 0 aliphatic heterocycles. The highest BCUT2D eigenvalue weighted by Crippen LogP contribution is 2.52. The van der Waals surface area contributed by atoms with Gasteiger partial charge in [-0.15, -0.1) is 0 Å². The molecule has 1 aromatic carbocycles. The number of ether oxygens (including phenoxy) is 1. The van der Waals surface area contributed by atoms with E-state index < -0.39 is 5.54 Å². The molecule has 1 aliphatic carbocycles. The summed E-state index contributed by atoms with van der Waals surface area (Å²) in [4.78, 5) is 14.1. The molecule has 1 fully saturated rings. The summed E-state index contributed by atoms with van der Waals surface area (Å²) in [7, 11) is 1.55. The fraction of sp³-hybridized carbons (Fsp3) is 0.364. The van der Waals surface area contributed by atoms with E-state index in [9.17, 15) is 9.90 Å². The number of phenols is 1. The third-order valence-electron chi connectivity index (χ3n) is 2.67. The van der Waals surface area contributed by atoms with Crippen molar-refractivity contribution in [3.63, 3.8) is 0 Å². The van der Waals surface area contributed by atoms with Crippen molar-refractivity contribution in [2.75, 3.05) is 7.11 Å². The Balaban J connectivity index is 2.50. The molecule has 1 N–H and O–H groups in total. The fourth-order valence-electron chi connectivity index (χ4n) is 1.71. The molecule has 0 amide bonds. The Morgan fingerprint density at radius 2 is 2.27 bits per heavy atom. The molecule has 0 atom stereocenters. The van der Waals surface area contributed by atoms with Crippen LogP contribution < -0.4 is 4.74 Å². The minimum Gasteiger partial charge on any atom is -0.508 e. The van der Waals surface area contributed by atoms with Gasteiger partial charge in [-0.25, -0.2) is 4.79 Å². The first-order valence-corrected chi connectivity index (χ1v) is 4.68. The van der Waals surface area contributed by atoms with Crippen molar-refractivity contribution in [1.82, 2.24) is 0 Å². The average molecular weight is 205 g/mol. The van der Waals surface area contributed by atoms with Gasteiger partial charge in [-0.1, -0.05) is 0 Å². The first kappa shape index (κ1) is 9.74. The van der Waals surface area contributed by atoms with Crippen molar-refractivity contribution in [3.8, 4) is 11.5 Å². The van der Waals surface area contributed by atoms with Gasteiger partial charge in [0.15, 0.2) is 0 Å². The molecule has 0 unspecified atom stereocenters. The number of rotatable bonds is 3. The van der Waals surface area contributed by atoms with Crippen molar-refractivity contribution in [3.05, 3.63) is 23.8 Å². The Morgan fingerprint density at radius 1 is 1.53 bits per heavy atom. The number of hydrogen-bond donors (Lipinski definition) is 1. The monoisotopic (exact) mass is 205 g/mol. The van der Waals surface area contributed by atoms with E-state index in [2.05, 4.69) is 4.99 Å². The molecule has 0 spiro atoms. The lowest BCUT2D eigenvalue weighted by molar-refractivity contribution is 0.401. The van der Waals surface area contributed by atoms with Crippen molar-refractivity contribution >= 4 is 6.08 Å². The Morgan fingerprint density at radius 3 is 2.80 bits per heavy atom. The zero-order valence-corrected chi connectivity index (χ0v) is 8.36. The molecule has 78 valence electrons. The number of benzene rings is 1. The van der Waals surface area contributed by atoms with Gasteiger partial charge >= 0.3 is 0 Å². The zero-order chi connectivity index (χ0) is 10.9. The maximum Gasteiger partial charge on any atom is 0.235 e. The van der Waals surface area contributed by atoms with Crippen LogP contribution in [0.4, 0.5) is 0 Å². The summed E-state index contributed by atoms with van der Waals surface area (Å²) < 4.78 is 5.17. The van der Waals surface area contributed by atoms with E-state index in [4.69, 9.17) is 4.74 Å². The van der Waals surface area contributed by atoms with E-state index in [1.165, 1.54) is 0 Å². The van der Waals surface area contributed by atoms with Gasteiger partial charge < -0.3 is 9.84 Å². The molecular formula is C11H11NO3.